The predicted molar refractivity (Wildman–Crippen MR) is 79.9 cm³/mol. The highest BCUT2D eigenvalue weighted by atomic mass is 32.2. The van der Waals surface area contributed by atoms with Crippen molar-refractivity contribution in [3.8, 4) is 0 Å². The standard InChI is InChI=1S/C16H22O4S/c1-13-4-6-14(7-5-13)21(17,18)15(2)8-3-9-16(12-15)19-10-11-20-16/h4-7H,3,8-12H2,1-2H3. The Morgan fingerprint density at radius 3 is 2.29 bits per heavy atom. The molecule has 0 amide bonds. The molecule has 0 bridgehead atoms. The van der Waals surface area contributed by atoms with E-state index < -0.39 is 20.4 Å². The molecule has 1 unspecified atom stereocenters. The van der Waals surface area contributed by atoms with Crippen LogP contribution in [-0.4, -0.2) is 32.2 Å². The molecule has 1 saturated carbocycles. The van der Waals surface area contributed by atoms with Gasteiger partial charge in [0.15, 0.2) is 15.6 Å². The normalized spacial score (nSPS) is 28.9. The molecule has 1 saturated heterocycles. The summed E-state index contributed by atoms with van der Waals surface area (Å²) in [7, 11) is -3.40. The lowest BCUT2D eigenvalue weighted by molar-refractivity contribution is -0.182. The first kappa shape index (κ1) is 15.0. The van der Waals surface area contributed by atoms with Gasteiger partial charge in [-0.2, -0.15) is 0 Å². The Kier molecular flexibility index (Phi) is 3.62. The van der Waals surface area contributed by atoms with Crippen LogP contribution < -0.4 is 0 Å². The molecule has 2 fully saturated rings. The fourth-order valence-corrected chi connectivity index (χ4v) is 5.34. The Labute approximate surface area is 126 Å². The molecule has 2 aliphatic rings. The third-order valence-corrected chi connectivity index (χ3v) is 7.24. The zero-order chi connectivity index (χ0) is 15.1. The zero-order valence-electron chi connectivity index (χ0n) is 12.6. The maximum atomic E-state index is 13.0. The Bertz CT molecular complexity index is 614. The van der Waals surface area contributed by atoms with E-state index in [1.165, 1.54) is 0 Å². The van der Waals surface area contributed by atoms with Gasteiger partial charge in [0.05, 0.1) is 22.9 Å². The third kappa shape index (κ3) is 2.51. The van der Waals surface area contributed by atoms with Gasteiger partial charge in [0.1, 0.15) is 0 Å². The lowest BCUT2D eigenvalue weighted by Gasteiger charge is -2.42. The number of rotatable bonds is 2. The quantitative estimate of drug-likeness (QED) is 0.843. The van der Waals surface area contributed by atoms with Gasteiger partial charge in [0.25, 0.3) is 0 Å². The number of benzene rings is 1. The first-order chi connectivity index (χ1) is 9.87. The van der Waals surface area contributed by atoms with Gasteiger partial charge in [-0.1, -0.05) is 17.7 Å². The summed E-state index contributed by atoms with van der Waals surface area (Å²) in [6.45, 7) is 4.89. The van der Waals surface area contributed by atoms with E-state index in [1.54, 1.807) is 12.1 Å². The Morgan fingerprint density at radius 1 is 1.05 bits per heavy atom. The monoisotopic (exact) mass is 310 g/mol. The summed E-state index contributed by atoms with van der Waals surface area (Å²) in [5.41, 5.74) is 1.06. The minimum absolute atomic E-state index is 0.394. The highest BCUT2D eigenvalue weighted by molar-refractivity contribution is 7.92. The van der Waals surface area contributed by atoms with Gasteiger partial charge in [-0.3, -0.25) is 0 Å². The van der Waals surface area contributed by atoms with E-state index in [0.717, 1.165) is 18.4 Å². The molecule has 1 aromatic carbocycles. The lowest BCUT2D eigenvalue weighted by atomic mass is 9.85. The maximum Gasteiger partial charge on any atom is 0.184 e. The SMILES string of the molecule is Cc1ccc(S(=O)(=O)C2(C)CCCC3(C2)OCCO3)cc1. The molecule has 0 aromatic heterocycles. The number of hydrogen-bond acceptors (Lipinski definition) is 4. The summed E-state index contributed by atoms with van der Waals surface area (Å²) < 4.78 is 36.8. The van der Waals surface area contributed by atoms with Crippen LogP contribution in [0.25, 0.3) is 0 Å². The number of ether oxygens (including phenoxy) is 2. The van der Waals surface area contributed by atoms with Crippen LogP contribution in [0, 0.1) is 6.92 Å². The van der Waals surface area contributed by atoms with Crippen LogP contribution in [0.3, 0.4) is 0 Å². The van der Waals surface area contributed by atoms with Crippen LogP contribution in [0.5, 0.6) is 0 Å². The molecule has 0 N–H and O–H groups in total. The van der Waals surface area contributed by atoms with Gasteiger partial charge in [-0.15, -0.1) is 0 Å². The molecule has 0 radical (unpaired) electrons. The van der Waals surface area contributed by atoms with Gasteiger partial charge in [0, 0.05) is 12.8 Å². The molecule has 3 rings (SSSR count). The summed E-state index contributed by atoms with van der Waals surface area (Å²) in [5, 5.41) is 0. The van der Waals surface area contributed by atoms with Crippen molar-refractivity contribution in [2.45, 2.75) is 55.0 Å². The second kappa shape index (κ2) is 5.07. The van der Waals surface area contributed by atoms with E-state index in [-0.39, 0.29) is 0 Å². The average molecular weight is 310 g/mol. The smallest absolute Gasteiger partial charge is 0.184 e. The summed E-state index contributed by atoms with van der Waals surface area (Å²) in [6.07, 6.45) is 2.65. The predicted octanol–water partition coefficient (Wildman–Crippen LogP) is 2.84. The zero-order valence-corrected chi connectivity index (χ0v) is 13.4. The van der Waals surface area contributed by atoms with Crippen LogP contribution in [0.1, 0.15) is 38.2 Å². The van der Waals surface area contributed by atoms with Crippen molar-refractivity contribution in [1.82, 2.24) is 0 Å². The Hall–Kier alpha value is -0.910. The Morgan fingerprint density at radius 2 is 1.67 bits per heavy atom. The molecule has 116 valence electrons. The highest BCUT2D eigenvalue weighted by Crippen LogP contribution is 2.46. The first-order valence-electron chi connectivity index (χ1n) is 7.46. The van der Waals surface area contributed by atoms with Crippen molar-refractivity contribution in [3.63, 3.8) is 0 Å². The third-order valence-electron chi connectivity index (χ3n) is 4.70. The van der Waals surface area contributed by atoms with E-state index in [4.69, 9.17) is 9.47 Å². The molecular formula is C16H22O4S. The van der Waals surface area contributed by atoms with Gasteiger partial charge in [0.2, 0.25) is 0 Å². The van der Waals surface area contributed by atoms with Crippen molar-refractivity contribution in [2.75, 3.05) is 13.2 Å². The molecule has 1 spiro atoms. The van der Waals surface area contributed by atoms with Crippen molar-refractivity contribution in [2.24, 2.45) is 0 Å². The van der Waals surface area contributed by atoms with Gasteiger partial charge in [-0.25, -0.2) is 8.42 Å². The van der Waals surface area contributed by atoms with E-state index in [9.17, 15) is 8.42 Å². The summed E-state index contributed by atoms with van der Waals surface area (Å²) >= 11 is 0. The molecule has 1 atom stereocenters. The average Bonchev–Trinajstić information content (AvgIpc) is 2.86. The second-order valence-electron chi connectivity index (χ2n) is 6.40. The van der Waals surface area contributed by atoms with Gasteiger partial charge >= 0.3 is 0 Å². The van der Waals surface area contributed by atoms with Crippen LogP contribution in [0.4, 0.5) is 0 Å². The molecule has 1 heterocycles. The fraction of sp³-hybridized carbons (Fsp3) is 0.625. The van der Waals surface area contributed by atoms with E-state index >= 15 is 0 Å². The molecular weight excluding hydrogens is 288 g/mol. The molecule has 1 aromatic rings. The topological polar surface area (TPSA) is 52.6 Å². The molecule has 1 aliphatic carbocycles. The number of sulfone groups is 1. The van der Waals surface area contributed by atoms with Crippen molar-refractivity contribution >= 4 is 9.84 Å². The lowest BCUT2D eigenvalue weighted by Crippen LogP contribution is -2.49. The number of aryl methyl sites for hydroxylation is 1. The van der Waals surface area contributed by atoms with Crippen molar-refractivity contribution in [3.05, 3.63) is 29.8 Å². The first-order valence-corrected chi connectivity index (χ1v) is 8.95. The maximum absolute atomic E-state index is 13.0. The molecule has 4 nitrogen and oxygen atoms in total. The summed E-state index contributed by atoms with van der Waals surface area (Å²) in [4.78, 5) is 0.394. The minimum Gasteiger partial charge on any atom is -0.347 e. The van der Waals surface area contributed by atoms with E-state index in [2.05, 4.69) is 0 Å². The van der Waals surface area contributed by atoms with Crippen LogP contribution >= 0.6 is 0 Å². The Balaban J connectivity index is 1.94. The fourth-order valence-electron chi connectivity index (χ4n) is 3.45. The second-order valence-corrected chi connectivity index (χ2v) is 8.87. The van der Waals surface area contributed by atoms with Crippen LogP contribution in [-0.2, 0) is 19.3 Å². The van der Waals surface area contributed by atoms with Gasteiger partial charge < -0.3 is 9.47 Å². The minimum atomic E-state index is -3.40. The van der Waals surface area contributed by atoms with Gasteiger partial charge in [-0.05, 0) is 38.8 Å². The number of hydrogen-bond donors (Lipinski definition) is 0. The van der Waals surface area contributed by atoms with E-state index in [1.807, 2.05) is 26.0 Å². The highest BCUT2D eigenvalue weighted by Gasteiger charge is 2.52. The van der Waals surface area contributed by atoms with Crippen LogP contribution in [0.15, 0.2) is 29.2 Å². The van der Waals surface area contributed by atoms with Crippen LogP contribution in [0.2, 0.25) is 0 Å². The van der Waals surface area contributed by atoms with Crippen molar-refractivity contribution < 1.29 is 17.9 Å². The molecule has 21 heavy (non-hydrogen) atoms. The summed E-state index contributed by atoms with van der Waals surface area (Å²) in [5.74, 6) is -0.690. The molecule has 1 aliphatic heterocycles. The molecule has 5 heteroatoms. The largest absolute Gasteiger partial charge is 0.347 e. The van der Waals surface area contributed by atoms with Crippen molar-refractivity contribution in [1.29, 1.82) is 0 Å². The summed E-state index contributed by atoms with van der Waals surface area (Å²) in [6, 6.07) is 7.09. The van der Waals surface area contributed by atoms with E-state index in [0.29, 0.717) is 31.0 Å².